The fourth-order valence-corrected chi connectivity index (χ4v) is 1.68. The molecule has 0 aliphatic rings. The Morgan fingerprint density at radius 2 is 1.45 bits per heavy atom. The van der Waals surface area contributed by atoms with E-state index >= 15 is 0 Å². The van der Waals surface area contributed by atoms with E-state index in [2.05, 4.69) is 11.8 Å². The molecule has 0 spiro atoms. The zero-order valence-electron chi connectivity index (χ0n) is 10.8. The zero-order chi connectivity index (χ0) is 14.4. The monoisotopic (exact) mass is 266 g/mol. The van der Waals surface area contributed by atoms with Gasteiger partial charge in [-0.2, -0.15) is 0 Å². The summed E-state index contributed by atoms with van der Waals surface area (Å²) in [6.07, 6.45) is -0.0598. The van der Waals surface area contributed by atoms with Gasteiger partial charge in [0.05, 0.1) is 6.61 Å². The van der Waals surface area contributed by atoms with Gasteiger partial charge in [-0.05, 0) is 29.8 Å². The van der Waals surface area contributed by atoms with Gasteiger partial charge in [-0.25, -0.2) is 0 Å². The Hall–Kier alpha value is -2.41. The first-order valence-corrected chi connectivity index (χ1v) is 6.19. The molecule has 3 nitrogen and oxygen atoms in total. The molecule has 0 radical (unpaired) electrons. The van der Waals surface area contributed by atoms with Crippen LogP contribution in [0.5, 0.6) is 0 Å². The summed E-state index contributed by atoms with van der Waals surface area (Å²) in [4.78, 5) is 10.5. The molecule has 0 amide bonds. The summed E-state index contributed by atoms with van der Waals surface area (Å²) >= 11 is 0. The molecule has 0 bridgehead atoms. The lowest BCUT2D eigenvalue weighted by atomic mass is 10.1. The van der Waals surface area contributed by atoms with Gasteiger partial charge >= 0.3 is 0 Å². The smallest absolute Gasteiger partial charge is 0.150 e. The highest BCUT2D eigenvalue weighted by molar-refractivity contribution is 5.74. The SMILES string of the molecule is O=Cc1ccc(C#Cc2ccc(C(O)CO)cc2)cc1. The standard InChI is InChI=1S/C17H14O3/c18-11-15-5-3-13(4-6-15)1-2-14-7-9-16(10-8-14)17(20)12-19/h3-11,17,19-20H,12H2. The molecule has 100 valence electrons. The summed E-state index contributed by atoms with van der Waals surface area (Å²) in [6.45, 7) is -0.298. The maximum absolute atomic E-state index is 10.5. The Morgan fingerprint density at radius 1 is 0.950 bits per heavy atom. The largest absolute Gasteiger partial charge is 0.393 e. The zero-order valence-corrected chi connectivity index (χ0v) is 10.8. The van der Waals surface area contributed by atoms with Crippen molar-refractivity contribution in [1.82, 2.24) is 0 Å². The van der Waals surface area contributed by atoms with Gasteiger partial charge in [-0.15, -0.1) is 0 Å². The van der Waals surface area contributed by atoms with Crippen LogP contribution in [0.2, 0.25) is 0 Å². The molecule has 1 atom stereocenters. The van der Waals surface area contributed by atoms with Gasteiger partial charge in [0.2, 0.25) is 0 Å². The average molecular weight is 266 g/mol. The Kier molecular flexibility index (Phi) is 4.67. The van der Waals surface area contributed by atoms with Crippen molar-refractivity contribution in [1.29, 1.82) is 0 Å². The normalized spacial score (nSPS) is 11.3. The number of aliphatic hydroxyl groups excluding tert-OH is 2. The van der Waals surface area contributed by atoms with Crippen molar-refractivity contribution < 1.29 is 15.0 Å². The van der Waals surface area contributed by atoms with Crippen molar-refractivity contribution >= 4 is 6.29 Å². The predicted molar refractivity (Wildman–Crippen MR) is 76.3 cm³/mol. The second-order valence-electron chi connectivity index (χ2n) is 4.31. The van der Waals surface area contributed by atoms with E-state index in [1.165, 1.54) is 0 Å². The van der Waals surface area contributed by atoms with Crippen LogP contribution in [0.1, 0.15) is 33.2 Å². The van der Waals surface area contributed by atoms with E-state index in [1.807, 2.05) is 0 Å². The molecule has 0 aliphatic carbocycles. The number of rotatable bonds is 3. The number of carbonyl (C=O) groups is 1. The molecule has 0 saturated carbocycles. The van der Waals surface area contributed by atoms with Crippen molar-refractivity contribution in [2.45, 2.75) is 6.10 Å². The number of carbonyl (C=O) groups excluding carboxylic acids is 1. The first-order chi connectivity index (χ1) is 9.72. The van der Waals surface area contributed by atoms with Gasteiger partial charge in [-0.3, -0.25) is 4.79 Å². The predicted octanol–water partition coefficient (Wildman–Crippen LogP) is 1.92. The van der Waals surface area contributed by atoms with Crippen LogP contribution in [0.4, 0.5) is 0 Å². The van der Waals surface area contributed by atoms with Gasteiger partial charge in [0.25, 0.3) is 0 Å². The van der Waals surface area contributed by atoms with E-state index in [4.69, 9.17) is 5.11 Å². The van der Waals surface area contributed by atoms with Crippen molar-refractivity contribution in [3.63, 3.8) is 0 Å². The van der Waals surface area contributed by atoms with E-state index < -0.39 is 6.10 Å². The summed E-state index contributed by atoms with van der Waals surface area (Å²) in [5.74, 6) is 6.00. The Labute approximate surface area is 117 Å². The molecule has 2 N–H and O–H groups in total. The molecule has 0 aromatic heterocycles. The van der Waals surface area contributed by atoms with Gasteiger partial charge in [-0.1, -0.05) is 36.1 Å². The molecule has 0 saturated heterocycles. The summed E-state index contributed by atoms with van der Waals surface area (Å²) in [6, 6.07) is 14.1. The minimum Gasteiger partial charge on any atom is -0.393 e. The van der Waals surface area contributed by atoms with Gasteiger partial charge < -0.3 is 10.2 Å². The Balaban J connectivity index is 2.13. The van der Waals surface area contributed by atoms with Crippen LogP contribution in [0.25, 0.3) is 0 Å². The second kappa shape index (κ2) is 6.67. The van der Waals surface area contributed by atoms with Crippen LogP contribution in [0.15, 0.2) is 48.5 Å². The van der Waals surface area contributed by atoms with Crippen molar-refractivity contribution in [3.8, 4) is 11.8 Å². The number of hydrogen-bond acceptors (Lipinski definition) is 3. The molecule has 2 aromatic carbocycles. The lowest BCUT2D eigenvalue weighted by molar-refractivity contribution is 0.0956. The molecule has 20 heavy (non-hydrogen) atoms. The molecule has 0 aliphatic heterocycles. The fourth-order valence-electron chi connectivity index (χ4n) is 1.68. The highest BCUT2D eigenvalue weighted by Crippen LogP contribution is 2.12. The number of aliphatic hydroxyl groups is 2. The number of benzene rings is 2. The summed E-state index contributed by atoms with van der Waals surface area (Å²) in [7, 11) is 0. The van der Waals surface area contributed by atoms with Gasteiger partial charge in [0.1, 0.15) is 12.4 Å². The molecule has 3 heteroatoms. The minimum absolute atomic E-state index is 0.298. The Bertz CT molecular complexity index is 631. The van der Waals surface area contributed by atoms with Gasteiger partial charge in [0.15, 0.2) is 0 Å². The second-order valence-corrected chi connectivity index (χ2v) is 4.31. The van der Waals surface area contributed by atoms with E-state index in [-0.39, 0.29) is 6.61 Å². The van der Waals surface area contributed by atoms with Gasteiger partial charge in [0, 0.05) is 16.7 Å². The minimum atomic E-state index is -0.854. The summed E-state index contributed by atoms with van der Waals surface area (Å²) in [5, 5.41) is 18.3. The van der Waals surface area contributed by atoms with Crippen molar-refractivity contribution in [2.24, 2.45) is 0 Å². The molecule has 0 fully saturated rings. The van der Waals surface area contributed by atoms with Crippen LogP contribution in [-0.4, -0.2) is 23.1 Å². The third-order valence-corrected chi connectivity index (χ3v) is 2.87. The molecular weight excluding hydrogens is 252 g/mol. The highest BCUT2D eigenvalue weighted by Gasteiger charge is 2.04. The molecule has 1 unspecified atom stereocenters. The maximum atomic E-state index is 10.5. The first-order valence-electron chi connectivity index (χ1n) is 6.19. The fraction of sp³-hybridized carbons (Fsp3) is 0.118. The topological polar surface area (TPSA) is 57.5 Å². The van der Waals surface area contributed by atoms with Crippen LogP contribution in [0.3, 0.4) is 0 Å². The van der Waals surface area contributed by atoms with E-state index in [1.54, 1.807) is 48.5 Å². The lowest BCUT2D eigenvalue weighted by Gasteiger charge is -2.06. The maximum Gasteiger partial charge on any atom is 0.150 e. The first kappa shape index (κ1) is 14.0. The Morgan fingerprint density at radius 3 is 1.90 bits per heavy atom. The summed E-state index contributed by atoms with van der Waals surface area (Å²) < 4.78 is 0. The summed E-state index contributed by atoms with van der Waals surface area (Å²) in [5.41, 5.74) is 2.93. The quantitative estimate of drug-likeness (QED) is 0.659. The number of aldehydes is 1. The van der Waals surface area contributed by atoms with Crippen molar-refractivity contribution in [2.75, 3.05) is 6.61 Å². The van der Waals surface area contributed by atoms with E-state index in [9.17, 15) is 9.90 Å². The van der Waals surface area contributed by atoms with Crippen LogP contribution in [-0.2, 0) is 0 Å². The van der Waals surface area contributed by atoms with Crippen LogP contribution < -0.4 is 0 Å². The molecular formula is C17H14O3. The highest BCUT2D eigenvalue weighted by atomic mass is 16.3. The van der Waals surface area contributed by atoms with E-state index in [0.717, 1.165) is 17.4 Å². The average Bonchev–Trinajstić information content (AvgIpc) is 2.53. The number of hydrogen-bond donors (Lipinski definition) is 2. The molecule has 2 rings (SSSR count). The molecule has 2 aromatic rings. The third kappa shape index (κ3) is 3.55. The van der Waals surface area contributed by atoms with E-state index in [0.29, 0.717) is 11.1 Å². The van der Waals surface area contributed by atoms with Crippen molar-refractivity contribution in [3.05, 3.63) is 70.8 Å². The van der Waals surface area contributed by atoms with Crippen LogP contribution >= 0.6 is 0 Å². The van der Waals surface area contributed by atoms with Crippen LogP contribution in [0, 0.1) is 11.8 Å². The molecule has 0 heterocycles. The lowest BCUT2D eigenvalue weighted by Crippen LogP contribution is -2.01. The third-order valence-electron chi connectivity index (χ3n) is 2.87.